The van der Waals surface area contributed by atoms with Crippen molar-refractivity contribution >= 4 is 22.5 Å². The van der Waals surface area contributed by atoms with Gasteiger partial charge in [0.2, 0.25) is 5.91 Å². The van der Waals surface area contributed by atoms with E-state index in [1.807, 2.05) is 18.7 Å². The minimum Gasteiger partial charge on any atom is -0.372 e. The minimum atomic E-state index is 0.0425. The van der Waals surface area contributed by atoms with Gasteiger partial charge in [0.15, 0.2) is 0 Å². The molecule has 2 unspecified atom stereocenters. The Balaban J connectivity index is 1.55. The van der Waals surface area contributed by atoms with Crippen LogP contribution in [0.25, 0.3) is 10.9 Å². The predicted octanol–water partition coefficient (Wildman–Crippen LogP) is 3.58. The number of ether oxygens (including phenoxy) is 1. The summed E-state index contributed by atoms with van der Waals surface area (Å²) in [5, 5.41) is 10.8. The number of morpholine rings is 1. The van der Waals surface area contributed by atoms with E-state index < -0.39 is 0 Å². The Bertz CT molecular complexity index is 994. The van der Waals surface area contributed by atoms with Gasteiger partial charge in [-0.3, -0.25) is 9.78 Å². The summed E-state index contributed by atoms with van der Waals surface area (Å²) >= 11 is 0. The van der Waals surface area contributed by atoms with Crippen LogP contribution < -0.4 is 4.90 Å². The molecule has 0 saturated carbocycles. The Morgan fingerprint density at radius 2 is 1.83 bits per heavy atom. The summed E-state index contributed by atoms with van der Waals surface area (Å²) in [5.74, 6) is 0.296. The lowest BCUT2D eigenvalue weighted by atomic mass is 9.93. The number of aryl methyl sites for hydroxylation is 2. The summed E-state index contributed by atoms with van der Waals surface area (Å²) < 4.78 is 5.78. The number of hydrogen-bond acceptors (Lipinski definition) is 5. The van der Waals surface area contributed by atoms with Gasteiger partial charge >= 0.3 is 0 Å². The molecule has 0 radical (unpaired) electrons. The van der Waals surface area contributed by atoms with Crippen LogP contribution >= 0.6 is 0 Å². The van der Waals surface area contributed by atoms with Crippen molar-refractivity contribution in [3.8, 4) is 6.07 Å². The summed E-state index contributed by atoms with van der Waals surface area (Å²) in [5.41, 5.74) is 4.81. The molecule has 4 rings (SSSR count). The quantitative estimate of drug-likeness (QED) is 0.763. The number of anilines is 1. The number of pyridine rings is 1. The number of benzene rings is 1. The molecule has 2 aliphatic rings. The van der Waals surface area contributed by atoms with Gasteiger partial charge in [0.05, 0.1) is 29.0 Å². The number of carbonyl (C=O) groups is 1. The fraction of sp³-hybridized carbons (Fsp3) is 0.542. The molecule has 30 heavy (non-hydrogen) atoms. The molecule has 0 aliphatic carbocycles. The van der Waals surface area contributed by atoms with E-state index in [2.05, 4.69) is 41.9 Å². The van der Waals surface area contributed by atoms with Crippen molar-refractivity contribution in [2.24, 2.45) is 5.92 Å². The first-order valence-corrected chi connectivity index (χ1v) is 10.9. The maximum Gasteiger partial charge on any atom is 0.225 e. The average molecular weight is 407 g/mol. The second-order valence-corrected chi connectivity index (χ2v) is 8.87. The van der Waals surface area contributed by atoms with Crippen molar-refractivity contribution in [1.82, 2.24) is 9.88 Å². The van der Waals surface area contributed by atoms with Crippen LogP contribution in [0.4, 0.5) is 5.69 Å². The first-order chi connectivity index (χ1) is 14.4. The Hall–Kier alpha value is -2.65. The normalized spacial score (nSPS) is 22.9. The van der Waals surface area contributed by atoms with Gasteiger partial charge in [0, 0.05) is 43.7 Å². The Morgan fingerprint density at radius 1 is 1.17 bits per heavy atom. The predicted molar refractivity (Wildman–Crippen MR) is 117 cm³/mol. The summed E-state index contributed by atoms with van der Waals surface area (Å²) in [4.78, 5) is 21.9. The minimum absolute atomic E-state index is 0.0425. The van der Waals surface area contributed by atoms with E-state index in [1.165, 1.54) is 5.56 Å². The molecule has 1 amide bonds. The molecular weight excluding hydrogens is 376 g/mol. The molecule has 6 heteroatoms. The fourth-order valence-corrected chi connectivity index (χ4v) is 5.04. The molecule has 2 fully saturated rings. The van der Waals surface area contributed by atoms with Crippen LogP contribution in [0.3, 0.4) is 0 Å². The molecular formula is C24H30N4O2. The molecule has 0 spiro atoms. The van der Waals surface area contributed by atoms with Crippen LogP contribution in [-0.4, -0.2) is 54.2 Å². The molecule has 158 valence electrons. The van der Waals surface area contributed by atoms with Crippen molar-refractivity contribution in [2.45, 2.75) is 52.7 Å². The molecule has 2 saturated heterocycles. The molecule has 2 aliphatic heterocycles. The lowest BCUT2D eigenvalue weighted by Gasteiger charge is -2.40. The zero-order valence-corrected chi connectivity index (χ0v) is 18.3. The first kappa shape index (κ1) is 20.6. The topological polar surface area (TPSA) is 69.5 Å². The number of nitrogens with zero attached hydrogens (tertiary/aromatic N) is 4. The van der Waals surface area contributed by atoms with E-state index in [0.29, 0.717) is 18.7 Å². The molecule has 1 aromatic heterocycles. The van der Waals surface area contributed by atoms with E-state index in [-0.39, 0.29) is 24.0 Å². The molecule has 2 atom stereocenters. The van der Waals surface area contributed by atoms with Gasteiger partial charge in [-0.25, -0.2) is 0 Å². The highest BCUT2D eigenvalue weighted by Gasteiger charge is 2.33. The summed E-state index contributed by atoms with van der Waals surface area (Å²) in [6, 6.07) is 6.58. The number of amides is 1. The number of hydrogen-bond donors (Lipinski definition) is 0. The summed E-state index contributed by atoms with van der Waals surface area (Å²) in [6.45, 7) is 11.1. The third kappa shape index (κ3) is 3.87. The highest BCUT2D eigenvalue weighted by atomic mass is 16.5. The fourth-order valence-electron chi connectivity index (χ4n) is 5.04. The second kappa shape index (κ2) is 8.23. The molecule has 2 aromatic rings. The van der Waals surface area contributed by atoms with Gasteiger partial charge < -0.3 is 14.5 Å². The van der Waals surface area contributed by atoms with Gasteiger partial charge in [0.25, 0.3) is 0 Å². The molecule has 1 aromatic carbocycles. The Kier molecular flexibility index (Phi) is 5.66. The van der Waals surface area contributed by atoms with Crippen LogP contribution in [0.2, 0.25) is 0 Å². The van der Waals surface area contributed by atoms with E-state index >= 15 is 0 Å². The first-order valence-electron chi connectivity index (χ1n) is 10.9. The number of fused-ring (bicyclic) bond motifs is 1. The number of rotatable bonds is 2. The lowest BCUT2D eigenvalue weighted by Crippen LogP contribution is -2.51. The van der Waals surface area contributed by atoms with Gasteiger partial charge in [-0.2, -0.15) is 5.26 Å². The van der Waals surface area contributed by atoms with Crippen molar-refractivity contribution in [1.29, 1.82) is 5.26 Å². The van der Waals surface area contributed by atoms with Crippen LogP contribution in [0.5, 0.6) is 0 Å². The summed E-state index contributed by atoms with van der Waals surface area (Å²) in [6.07, 6.45) is 3.47. The van der Waals surface area contributed by atoms with Crippen LogP contribution in [-0.2, 0) is 9.53 Å². The van der Waals surface area contributed by atoms with Crippen molar-refractivity contribution < 1.29 is 9.53 Å². The zero-order chi connectivity index (χ0) is 21.4. The maximum absolute atomic E-state index is 13.1. The Morgan fingerprint density at radius 3 is 2.47 bits per heavy atom. The second-order valence-electron chi connectivity index (χ2n) is 8.87. The van der Waals surface area contributed by atoms with E-state index in [0.717, 1.165) is 48.1 Å². The van der Waals surface area contributed by atoms with Gasteiger partial charge in [-0.15, -0.1) is 0 Å². The van der Waals surface area contributed by atoms with E-state index in [1.54, 1.807) is 6.20 Å². The largest absolute Gasteiger partial charge is 0.372 e. The standard InChI is InChI=1S/C24H30N4O2/c1-15-9-16(2)22-21(10-15)23(20(11-25)12-26-22)27-7-5-19(6-8-27)24(29)28-13-17(3)30-18(4)14-28/h9-10,12,17-19H,5-8,13-14H2,1-4H3. The van der Waals surface area contributed by atoms with Gasteiger partial charge in [0.1, 0.15) is 6.07 Å². The van der Waals surface area contributed by atoms with Crippen molar-refractivity contribution in [3.05, 3.63) is 35.0 Å². The number of nitriles is 1. The number of carbonyl (C=O) groups excluding carboxylic acids is 1. The van der Waals surface area contributed by atoms with Gasteiger partial charge in [-0.1, -0.05) is 11.6 Å². The number of piperidine rings is 1. The average Bonchev–Trinajstić information content (AvgIpc) is 2.71. The highest BCUT2D eigenvalue weighted by molar-refractivity contribution is 5.96. The van der Waals surface area contributed by atoms with Crippen LogP contribution in [0, 0.1) is 31.1 Å². The zero-order valence-electron chi connectivity index (χ0n) is 18.3. The van der Waals surface area contributed by atoms with Crippen molar-refractivity contribution in [2.75, 3.05) is 31.1 Å². The van der Waals surface area contributed by atoms with Gasteiger partial charge in [-0.05, 0) is 52.2 Å². The lowest BCUT2D eigenvalue weighted by molar-refractivity contribution is -0.148. The van der Waals surface area contributed by atoms with Crippen molar-refractivity contribution in [3.63, 3.8) is 0 Å². The molecule has 0 N–H and O–H groups in total. The highest BCUT2D eigenvalue weighted by Crippen LogP contribution is 2.34. The van der Waals surface area contributed by atoms with E-state index in [4.69, 9.17) is 4.74 Å². The monoisotopic (exact) mass is 406 g/mol. The molecule has 6 nitrogen and oxygen atoms in total. The van der Waals surface area contributed by atoms with E-state index in [9.17, 15) is 10.1 Å². The maximum atomic E-state index is 13.1. The Labute approximate surface area is 178 Å². The van der Waals surface area contributed by atoms with Crippen LogP contribution in [0.1, 0.15) is 43.4 Å². The third-order valence-electron chi connectivity index (χ3n) is 6.29. The summed E-state index contributed by atoms with van der Waals surface area (Å²) in [7, 11) is 0. The third-order valence-corrected chi connectivity index (χ3v) is 6.29. The smallest absolute Gasteiger partial charge is 0.225 e. The van der Waals surface area contributed by atoms with Crippen LogP contribution in [0.15, 0.2) is 18.3 Å². The molecule has 0 bridgehead atoms. The number of aromatic nitrogens is 1. The SMILES string of the molecule is Cc1cc(C)c2ncc(C#N)c(N3CCC(C(=O)N4CC(C)OC(C)C4)CC3)c2c1. The molecule has 3 heterocycles.